The summed E-state index contributed by atoms with van der Waals surface area (Å²) in [7, 11) is 0. The van der Waals surface area contributed by atoms with Crippen molar-refractivity contribution in [1.82, 2.24) is 0 Å². The first-order valence-electron chi connectivity index (χ1n) is 10.5. The minimum Gasteiger partial charge on any atom is -0.302 e. The standard InChI is InChI=1S/C26H16F3NO3/c27-26(28,29)14-6-5-7-15(12-14)30-23(32)21-20-16-8-1-3-10-18(16)25(13-31,22(21)24(30)33)19-11-4-2-9-17(19)20/h1-13,20-22H/t20?,21-,22+,25?/m1/s1. The van der Waals surface area contributed by atoms with Gasteiger partial charge in [0.05, 0.1) is 28.5 Å². The van der Waals surface area contributed by atoms with Crippen molar-refractivity contribution in [2.24, 2.45) is 11.8 Å². The number of nitrogens with zero attached hydrogens (tertiary/aromatic N) is 1. The Morgan fingerprint density at radius 2 is 1.42 bits per heavy atom. The first-order valence-corrected chi connectivity index (χ1v) is 10.5. The van der Waals surface area contributed by atoms with E-state index in [4.69, 9.17) is 0 Å². The van der Waals surface area contributed by atoms with Gasteiger partial charge in [-0.25, -0.2) is 4.90 Å². The molecule has 7 heteroatoms. The first kappa shape index (κ1) is 19.9. The van der Waals surface area contributed by atoms with Crippen molar-refractivity contribution in [3.63, 3.8) is 0 Å². The van der Waals surface area contributed by atoms with Gasteiger partial charge in [-0.3, -0.25) is 9.59 Å². The van der Waals surface area contributed by atoms with Crippen molar-refractivity contribution in [2.45, 2.75) is 17.5 Å². The van der Waals surface area contributed by atoms with E-state index >= 15 is 0 Å². The lowest BCUT2D eigenvalue weighted by Gasteiger charge is -2.51. The van der Waals surface area contributed by atoms with Crippen molar-refractivity contribution in [3.8, 4) is 0 Å². The summed E-state index contributed by atoms with van der Waals surface area (Å²) in [6, 6.07) is 18.7. The van der Waals surface area contributed by atoms with Crippen LogP contribution in [0.15, 0.2) is 72.8 Å². The third-order valence-electron chi connectivity index (χ3n) is 7.30. The van der Waals surface area contributed by atoms with Crippen LogP contribution in [0.1, 0.15) is 33.7 Å². The monoisotopic (exact) mass is 447 g/mol. The molecule has 1 saturated heterocycles. The number of rotatable bonds is 2. The Hall–Kier alpha value is -3.74. The molecule has 2 atom stereocenters. The van der Waals surface area contributed by atoms with Gasteiger partial charge in [0.2, 0.25) is 11.8 Å². The normalized spacial score (nSPS) is 27.2. The van der Waals surface area contributed by atoms with Gasteiger partial charge in [-0.1, -0.05) is 54.6 Å². The number of aldehydes is 1. The van der Waals surface area contributed by atoms with Crippen molar-refractivity contribution in [2.75, 3.05) is 4.90 Å². The minimum atomic E-state index is -4.62. The molecule has 1 fully saturated rings. The highest BCUT2D eigenvalue weighted by atomic mass is 19.4. The van der Waals surface area contributed by atoms with Crippen molar-refractivity contribution in [1.29, 1.82) is 0 Å². The number of carbonyl (C=O) groups is 3. The van der Waals surface area contributed by atoms with Gasteiger partial charge in [-0.05, 0) is 40.5 Å². The molecule has 3 aromatic carbocycles. The lowest BCUT2D eigenvalue weighted by molar-refractivity contribution is -0.137. The quantitative estimate of drug-likeness (QED) is 0.431. The fourth-order valence-corrected chi connectivity index (χ4v) is 6.11. The fraction of sp³-hybridized carbons (Fsp3) is 0.192. The molecule has 4 aliphatic rings. The minimum absolute atomic E-state index is 0.136. The Labute approximate surface area is 186 Å². The van der Waals surface area contributed by atoms with Gasteiger partial charge in [0.15, 0.2) is 0 Å². The largest absolute Gasteiger partial charge is 0.416 e. The number of anilines is 1. The molecule has 4 nitrogen and oxygen atoms in total. The van der Waals surface area contributed by atoms with Crippen LogP contribution < -0.4 is 4.90 Å². The van der Waals surface area contributed by atoms with E-state index < -0.39 is 46.7 Å². The highest BCUT2D eigenvalue weighted by Crippen LogP contribution is 2.63. The number of carbonyl (C=O) groups excluding carboxylic acids is 3. The maximum absolute atomic E-state index is 13.8. The second-order valence-corrected chi connectivity index (χ2v) is 8.70. The number of imide groups is 1. The fourth-order valence-electron chi connectivity index (χ4n) is 6.11. The average Bonchev–Trinajstić information content (AvgIpc) is 3.09. The highest BCUT2D eigenvalue weighted by Gasteiger charge is 2.68. The zero-order chi connectivity index (χ0) is 23.1. The number of benzene rings is 3. The lowest BCUT2D eigenvalue weighted by atomic mass is 9.48. The van der Waals surface area contributed by atoms with Crippen LogP contribution >= 0.6 is 0 Å². The molecule has 0 unspecified atom stereocenters. The Kier molecular flexibility index (Phi) is 3.86. The molecule has 1 aliphatic heterocycles. The summed E-state index contributed by atoms with van der Waals surface area (Å²) in [6.45, 7) is 0. The van der Waals surface area contributed by atoms with E-state index in [0.717, 1.165) is 34.4 Å². The molecule has 3 aliphatic carbocycles. The molecule has 2 bridgehead atoms. The molecule has 0 N–H and O–H groups in total. The molecule has 7 rings (SSSR count). The lowest BCUT2D eigenvalue weighted by Crippen LogP contribution is -2.54. The van der Waals surface area contributed by atoms with Gasteiger partial charge in [0.1, 0.15) is 6.29 Å². The number of hydrogen-bond acceptors (Lipinski definition) is 3. The van der Waals surface area contributed by atoms with Crippen LogP contribution in [0.2, 0.25) is 0 Å². The molecule has 1 heterocycles. The van der Waals surface area contributed by atoms with Crippen LogP contribution in [0.4, 0.5) is 18.9 Å². The average molecular weight is 447 g/mol. The van der Waals surface area contributed by atoms with Crippen molar-refractivity contribution < 1.29 is 27.6 Å². The van der Waals surface area contributed by atoms with E-state index in [2.05, 4.69) is 0 Å². The van der Waals surface area contributed by atoms with Gasteiger partial charge in [-0.2, -0.15) is 13.2 Å². The smallest absolute Gasteiger partial charge is 0.302 e. The second kappa shape index (κ2) is 6.41. The summed E-state index contributed by atoms with van der Waals surface area (Å²) in [5.41, 5.74) is 0.496. The zero-order valence-corrected chi connectivity index (χ0v) is 17.0. The summed E-state index contributed by atoms with van der Waals surface area (Å²) >= 11 is 0. The van der Waals surface area contributed by atoms with E-state index in [1.165, 1.54) is 12.1 Å². The van der Waals surface area contributed by atoms with Gasteiger partial charge in [-0.15, -0.1) is 0 Å². The van der Waals surface area contributed by atoms with Crippen molar-refractivity contribution in [3.05, 3.63) is 101 Å². The van der Waals surface area contributed by atoms with Crippen LogP contribution in [0, 0.1) is 11.8 Å². The number of amides is 2. The molecule has 0 spiro atoms. The van der Waals surface area contributed by atoms with Crippen LogP contribution in [0.3, 0.4) is 0 Å². The SMILES string of the molecule is O=CC12c3ccccc3C(c3ccccc31)[C@H]1C(=O)N(c3cccc(C(F)(F)F)c3)C(=O)[C@H]12. The zero-order valence-electron chi connectivity index (χ0n) is 17.0. The van der Waals surface area contributed by atoms with Crippen molar-refractivity contribution >= 4 is 23.8 Å². The summed E-state index contributed by atoms with van der Waals surface area (Å²) < 4.78 is 40.0. The number of alkyl halides is 3. The summed E-state index contributed by atoms with van der Waals surface area (Å²) in [5, 5.41) is 0. The molecule has 33 heavy (non-hydrogen) atoms. The van der Waals surface area contributed by atoms with Crippen LogP contribution in [-0.4, -0.2) is 18.1 Å². The third kappa shape index (κ3) is 2.34. The molecule has 0 saturated carbocycles. The summed E-state index contributed by atoms with van der Waals surface area (Å²) in [4.78, 5) is 41.1. The van der Waals surface area contributed by atoms with E-state index in [0.29, 0.717) is 11.1 Å². The van der Waals surface area contributed by atoms with Crippen LogP contribution in [-0.2, 0) is 26.0 Å². The molecule has 3 aromatic rings. The third-order valence-corrected chi connectivity index (χ3v) is 7.30. The maximum Gasteiger partial charge on any atom is 0.416 e. The molecule has 0 aromatic heterocycles. The van der Waals surface area contributed by atoms with Gasteiger partial charge in [0, 0.05) is 5.92 Å². The summed E-state index contributed by atoms with van der Waals surface area (Å²) in [6.07, 6.45) is -3.89. The maximum atomic E-state index is 13.8. The second-order valence-electron chi connectivity index (χ2n) is 8.70. The van der Waals surface area contributed by atoms with Gasteiger partial charge in [0.25, 0.3) is 0 Å². The predicted octanol–water partition coefficient (Wildman–Crippen LogP) is 4.46. The Morgan fingerprint density at radius 1 is 0.818 bits per heavy atom. The molecule has 2 amide bonds. The molecular formula is C26H16F3NO3. The molecular weight excluding hydrogens is 431 g/mol. The van der Waals surface area contributed by atoms with E-state index in [1.807, 2.05) is 24.3 Å². The summed E-state index contributed by atoms with van der Waals surface area (Å²) in [5.74, 6) is -3.58. The van der Waals surface area contributed by atoms with Crippen LogP contribution in [0.25, 0.3) is 0 Å². The van der Waals surface area contributed by atoms with E-state index in [9.17, 15) is 27.6 Å². The Morgan fingerprint density at radius 3 is 2.00 bits per heavy atom. The Balaban J connectivity index is 1.59. The predicted molar refractivity (Wildman–Crippen MR) is 112 cm³/mol. The molecule has 0 radical (unpaired) electrons. The molecule has 164 valence electrons. The Bertz CT molecular complexity index is 1320. The number of hydrogen-bond donors (Lipinski definition) is 0. The highest BCUT2D eigenvalue weighted by molar-refractivity contribution is 6.24. The van der Waals surface area contributed by atoms with Crippen LogP contribution in [0.5, 0.6) is 0 Å². The van der Waals surface area contributed by atoms with E-state index in [1.54, 1.807) is 24.3 Å². The van der Waals surface area contributed by atoms with Gasteiger partial charge < -0.3 is 4.79 Å². The first-order chi connectivity index (χ1) is 15.8. The topological polar surface area (TPSA) is 54.5 Å². The number of halogens is 3. The van der Waals surface area contributed by atoms with E-state index in [-0.39, 0.29) is 5.69 Å². The van der Waals surface area contributed by atoms with Gasteiger partial charge >= 0.3 is 6.18 Å².